The lowest BCUT2D eigenvalue weighted by Crippen LogP contribution is -2.35. The number of allylic oxidation sites excluding steroid dienone is 1. The van der Waals surface area contributed by atoms with Gasteiger partial charge in [0.2, 0.25) is 9.84 Å². The number of hydrogen-bond acceptors (Lipinski definition) is 7. The molecule has 0 spiro atoms. The fraction of sp³-hybridized carbons (Fsp3) is 0.333. The zero-order chi connectivity index (χ0) is 31.4. The molecule has 0 N–H and O–H groups in total. The van der Waals surface area contributed by atoms with Crippen LogP contribution in [0.25, 0.3) is 5.57 Å². The van der Waals surface area contributed by atoms with Gasteiger partial charge in [-0.1, -0.05) is 42.0 Å². The summed E-state index contributed by atoms with van der Waals surface area (Å²) in [6.45, 7) is 16.3. The minimum absolute atomic E-state index is 0.0368. The summed E-state index contributed by atoms with van der Waals surface area (Å²) in [6.07, 6.45) is 0.396. The third-order valence-corrected chi connectivity index (χ3v) is 8.97. The SMILES string of the molecule is C=NCOc1ccc(COc2ccc(S(=O)(=O)c3ccc(C4CCN(C(=O)OC(C)(C)C)C4)c(C(=C)C)c3)cc2Cl)cc1. The van der Waals surface area contributed by atoms with Crippen LogP contribution in [-0.4, -0.2) is 51.5 Å². The topological polar surface area (TPSA) is 94.5 Å². The number of carbonyl (C=O) groups excluding carboxylic acids is 1. The van der Waals surface area contributed by atoms with Gasteiger partial charge in [0.1, 0.15) is 23.7 Å². The van der Waals surface area contributed by atoms with Crippen LogP contribution < -0.4 is 9.47 Å². The maximum atomic E-state index is 13.6. The maximum Gasteiger partial charge on any atom is 0.410 e. The Labute approximate surface area is 258 Å². The van der Waals surface area contributed by atoms with E-state index in [2.05, 4.69) is 18.3 Å². The third-order valence-electron chi connectivity index (χ3n) is 6.93. The second kappa shape index (κ2) is 13.2. The molecule has 228 valence electrons. The molecule has 43 heavy (non-hydrogen) atoms. The predicted octanol–water partition coefficient (Wildman–Crippen LogP) is 7.55. The van der Waals surface area contributed by atoms with Crippen molar-refractivity contribution < 1.29 is 27.4 Å². The van der Waals surface area contributed by atoms with Crippen molar-refractivity contribution in [2.75, 3.05) is 19.8 Å². The number of nitrogens with zero attached hydrogens (tertiary/aromatic N) is 2. The predicted molar refractivity (Wildman–Crippen MR) is 169 cm³/mol. The highest BCUT2D eigenvalue weighted by atomic mass is 35.5. The Hall–Kier alpha value is -3.82. The summed E-state index contributed by atoms with van der Waals surface area (Å²) in [7, 11) is -3.89. The molecule has 8 nitrogen and oxygen atoms in total. The van der Waals surface area contributed by atoms with E-state index in [0.717, 1.165) is 28.7 Å². The standard InChI is InChI=1S/C33H37ClN2O6S/c1-22(2)29-17-26(11-13-28(29)24-15-16-36(19-24)32(37)42-33(3,4)5)43(38,39)27-12-14-31(30(34)18-27)40-20-23-7-9-25(10-8-23)41-21-35-6/h7-14,17-18,24H,1,6,15-16,19-21H2,2-5H3. The van der Waals surface area contributed by atoms with Crippen LogP contribution in [0.5, 0.6) is 11.5 Å². The van der Waals surface area contributed by atoms with Crippen LogP contribution >= 0.6 is 11.6 Å². The van der Waals surface area contributed by atoms with Gasteiger partial charge in [-0.25, -0.2) is 13.2 Å². The van der Waals surface area contributed by atoms with Crippen LogP contribution in [0.3, 0.4) is 0 Å². The lowest BCUT2D eigenvalue weighted by Gasteiger charge is -2.24. The number of amides is 1. The first-order chi connectivity index (χ1) is 20.3. The van der Waals surface area contributed by atoms with E-state index >= 15 is 0 Å². The molecule has 1 aliphatic rings. The van der Waals surface area contributed by atoms with E-state index in [4.69, 9.17) is 25.8 Å². The van der Waals surface area contributed by atoms with Crippen LogP contribution in [0.2, 0.25) is 5.02 Å². The smallest absolute Gasteiger partial charge is 0.410 e. The van der Waals surface area contributed by atoms with E-state index in [9.17, 15) is 13.2 Å². The number of ether oxygens (including phenoxy) is 3. The molecule has 10 heteroatoms. The zero-order valence-electron chi connectivity index (χ0n) is 24.9. The van der Waals surface area contributed by atoms with Crippen LogP contribution in [0.1, 0.15) is 56.7 Å². The highest BCUT2D eigenvalue weighted by Gasteiger charge is 2.32. The average molecular weight is 625 g/mol. The van der Waals surface area contributed by atoms with Crippen molar-refractivity contribution in [2.24, 2.45) is 4.99 Å². The summed E-state index contributed by atoms with van der Waals surface area (Å²) in [5, 5.41) is 0.183. The summed E-state index contributed by atoms with van der Waals surface area (Å²) in [5.74, 6) is 1.07. The molecular weight excluding hydrogens is 588 g/mol. The second-order valence-electron chi connectivity index (χ2n) is 11.5. The molecule has 1 unspecified atom stereocenters. The molecule has 1 fully saturated rings. The summed E-state index contributed by atoms with van der Waals surface area (Å²) in [6, 6.07) is 16.8. The number of hydrogen-bond donors (Lipinski definition) is 0. The van der Waals surface area contributed by atoms with Crippen molar-refractivity contribution >= 4 is 39.8 Å². The lowest BCUT2D eigenvalue weighted by molar-refractivity contribution is 0.0292. The van der Waals surface area contributed by atoms with Crippen molar-refractivity contribution in [3.63, 3.8) is 0 Å². The monoisotopic (exact) mass is 624 g/mol. The maximum absolute atomic E-state index is 13.6. The van der Waals surface area contributed by atoms with Crippen molar-refractivity contribution in [3.8, 4) is 11.5 Å². The first kappa shape index (κ1) is 32.1. The van der Waals surface area contributed by atoms with Crippen LogP contribution in [0, 0.1) is 0 Å². The van der Waals surface area contributed by atoms with Crippen molar-refractivity contribution in [1.82, 2.24) is 4.90 Å². The van der Waals surface area contributed by atoms with Crippen molar-refractivity contribution in [1.29, 1.82) is 0 Å². The van der Waals surface area contributed by atoms with Gasteiger partial charge in [-0.15, -0.1) is 0 Å². The molecule has 1 amide bonds. The molecule has 4 rings (SSSR count). The Morgan fingerprint density at radius 3 is 2.35 bits per heavy atom. The van der Waals surface area contributed by atoms with Gasteiger partial charge in [-0.05, 0) is 100.0 Å². The van der Waals surface area contributed by atoms with Gasteiger partial charge < -0.3 is 19.1 Å². The minimum Gasteiger partial charge on any atom is -0.487 e. The molecule has 1 heterocycles. The molecular formula is C33H37ClN2O6S. The molecule has 1 saturated heterocycles. The van der Waals surface area contributed by atoms with E-state index in [1.165, 1.54) is 12.1 Å². The first-order valence-electron chi connectivity index (χ1n) is 13.9. The zero-order valence-corrected chi connectivity index (χ0v) is 26.5. The highest BCUT2D eigenvalue weighted by molar-refractivity contribution is 7.91. The highest BCUT2D eigenvalue weighted by Crippen LogP contribution is 2.36. The Morgan fingerprint density at radius 1 is 1.05 bits per heavy atom. The van der Waals surface area contributed by atoms with Gasteiger partial charge >= 0.3 is 6.09 Å². The van der Waals surface area contributed by atoms with Gasteiger partial charge in [0, 0.05) is 19.0 Å². The van der Waals surface area contributed by atoms with E-state index in [1.807, 2.05) is 45.9 Å². The lowest BCUT2D eigenvalue weighted by atomic mass is 9.91. The Balaban J connectivity index is 1.49. The van der Waals surface area contributed by atoms with E-state index in [-0.39, 0.29) is 40.2 Å². The Bertz CT molecular complexity index is 1610. The summed E-state index contributed by atoms with van der Waals surface area (Å²) < 4.78 is 44.0. The van der Waals surface area contributed by atoms with Gasteiger partial charge in [0.25, 0.3) is 0 Å². The molecule has 1 aliphatic heterocycles. The summed E-state index contributed by atoms with van der Waals surface area (Å²) in [5.41, 5.74) is 2.75. The number of rotatable bonds is 10. The van der Waals surface area contributed by atoms with E-state index in [1.54, 1.807) is 35.2 Å². The third kappa shape index (κ3) is 7.97. The number of halogens is 1. The molecule has 0 aliphatic carbocycles. The fourth-order valence-corrected chi connectivity index (χ4v) is 6.41. The molecule has 0 bridgehead atoms. The van der Waals surface area contributed by atoms with Crippen LogP contribution in [0.15, 0.2) is 82.0 Å². The molecule has 1 atom stereocenters. The number of sulfone groups is 1. The molecule has 0 saturated carbocycles. The Morgan fingerprint density at radius 2 is 1.72 bits per heavy atom. The molecule has 3 aromatic rings. The molecule has 3 aromatic carbocycles. The average Bonchev–Trinajstić information content (AvgIpc) is 3.45. The van der Waals surface area contributed by atoms with Gasteiger partial charge in [0.05, 0.1) is 14.8 Å². The fourth-order valence-electron chi connectivity index (χ4n) is 4.80. The first-order valence-corrected chi connectivity index (χ1v) is 15.7. The van der Waals surface area contributed by atoms with Gasteiger partial charge in [0.15, 0.2) is 6.73 Å². The largest absolute Gasteiger partial charge is 0.487 e. The summed E-state index contributed by atoms with van der Waals surface area (Å²) in [4.78, 5) is 18.1. The molecule has 0 radical (unpaired) electrons. The number of carbonyl (C=O) groups is 1. The van der Waals surface area contributed by atoms with Gasteiger partial charge in [-0.2, -0.15) is 0 Å². The number of likely N-dealkylation sites (tertiary alicyclic amines) is 1. The second-order valence-corrected chi connectivity index (χ2v) is 13.8. The van der Waals surface area contributed by atoms with E-state index in [0.29, 0.717) is 24.6 Å². The Kier molecular flexibility index (Phi) is 9.87. The summed E-state index contributed by atoms with van der Waals surface area (Å²) >= 11 is 6.46. The van der Waals surface area contributed by atoms with E-state index < -0.39 is 15.4 Å². The van der Waals surface area contributed by atoms with Gasteiger partial charge in [-0.3, -0.25) is 4.99 Å². The van der Waals surface area contributed by atoms with Crippen LogP contribution in [0.4, 0.5) is 4.79 Å². The minimum atomic E-state index is -3.89. The molecule has 0 aromatic heterocycles. The number of aliphatic imine (C=N–C) groups is 1. The quantitative estimate of drug-likeness (QED) is 0.216. The normalized spacial score (nSPS) is 15.2. The van der Waals surface area contributed by atoms with Crippen molar-refractivity contribution in [3.05, 3.63) is 89.0 Å². The van der Waals surface area contributed by atoms with Crippen LogP contribution in [-0.2, 0) is 21.2 Å². The number of benzene rings is 3. The van der Waals surface area contributed by atoms with Crippen molar-refractivity contribution in [2.45, 2.75) is 62.0 Å².